The summed E-state index contributed by atoms with van der Waals surface area (Å²) >= 11 is 0. The lowest BCUT2D eigenvalue weighted by Gasteiger charge is -2.11. The highest BCUT2D eigenvalue weighted by Gasteiger charge is 2.06. The molecule has 0 heterocycles. The molecule has 146 valence electrons. The van der Waals surface area contributed by atoms with Crippen LogP contribution in [0.4, 0.5) is 0 Å². The summed E-state index contributed by atoms with van der Waals surface area (Å²) in [6, 6.07) is 14.3. The molecule has 1 N–H and O–H groups in total. The Balaban J connectivity index is 1.66. The molecule has 0 radical (unpaired) electrons. The Kier molecular flexibility index (Phi) is 8.85. The molecule has 0 bridgehead atoms. The lowest BCUT2D eigenvalue weighted by molar-refractivity contribution is -0.121. The van der Waals surface area contributed by atoms with Crippen molar-refractivity contribution in [3.05, 3.63) is 64.7 Å². The molecular weight excluding hydrogens is 338 g/mol. The van der Waals surface area contributed by atoms with Crippen LogP contribution in [-0.4, -0.2) is 19.1 Å². The number of hydrogen-bond donors (Lipinski definition) is 1. The highest BCUT2D eigenvalue weighted by Crippen LogP contribution is 2.19. The summed E-state index contributed by atoms with van der Waals surface area (Å²) in [4.78, 5) is 12.1. The van der Waals surface area contributed by atoms with Crippen molar-refractivity contribution < 1.29 is 14.3 Å². The van der Waals surface area contributed by atoms with E-state index in [1.165, 1.54) is 5.56 Å². The maximum atomic E-state index is 12.1. The predicted molar refractivity (Wildman–Crippen MR) is 109 cm³/mol. The highest BCUT2D eigenvalue weighted by atomic mass is 16.5. The number of unbranched alkanes of at least 4 members (excludes halogenated alkanes) is 1. The Morgan fingerprint density at radius 1 is 1.04 bits per heavy atom. The van der Waals surface area contributed by atoms with Crippen LogP contribution in [0.15, 0.2) is 42.5 Å². The minimum atomic E-state index is 0.0768. The molecule has 0 atom stereocenters. The number of hydrogen-bond acceptors (Lipinski definition) is 3. The third-order valence-corrected chi connectivity index (χ3v) is 4.46. The van der Waals surface area contributed by atoms with Crippen molar-refractivity contribution >= 4 is 5.91 Å². The van der Waals surface area contributed by atoms with Gasteiger partial charge >= 0.3 is 0 Å². The molecule has 4 heteroatoms. The van der Waals surface area contributed by atoms with Gasteiger partial charge in [0.2, 0.25) is 5.91 Å². The Labute approximate surface area is 162 Å². The van der Waals surface area contributed by atoms with E-state index >= 15 is 0 Å². The van der Waals surface area contributed by atoms with Gasteiger partial charge in [0, 0.05) is 19.6 Å². The molecule has 0 aliphatic carbocycles. The first kappa shape index (κ1) is 21.0. The molecule has 1 amide bonds. The standard InChI is InChI=1S/C23H31NO3/c1-4-26-17-21-10-6-5-9-20(21)16-24-23(25)11-7-8-14-27-22-15-18(2)12-13-19(22)3/h5-6,9-10,12-13,15H,4,7-8,11,14,16-17H2,1-3H3,(H,24,25). The molecule has 2 aromatic rings. The zero-order valence-electron chi connectivity index (χ0n) is 16.7. The zero-order valence-corrected chi connectivity index (χ0v) is 16.7. The maximum absolute atomic E-state index is 12.1. The third kappa shape index (κ3) is 7.43. The fourth-order valence-electron chi connectivity index (χ4n) is 2.80. The molecule has 0 fully saturated rings. The van der Waals surface area contributed by atoms with Gasteiger partial charge in [-0.25, -0.2) is 0 Å². The Bertz CT molecular complexity index is 727. The lowest BCUT2D eigenvalue weighted by Crippen LogP contribution is -2.23. The number of aryl methyl sites for hydroxylation is 2. The zero-order chi connectivity index (χ0) is 19.5. The first-order valence-corrected chi connectivity index (χ1v) is 9.71. The fourth-order valence-corrected chi connectivity index (χ4v) is 2.80. The Hall–Kier alpha value is -2.33. The van der Waals surface area contributed by atoms with Crippen LogP contribution in [-0.2, 0) is 22.7 Å². The van der Waals surface area contributed by atoms with Crippen LogP contribution in [0.5, 0.6) is 5.75 Å². The molecule has 2 aromatic carbocycles. The van der Waals surface area contributed by atoms with Gasteiger partial charge in [-0.2, -0.15) is 0 Å². The van der Waals surface area contributed by atoms with Crippen LogP contribution in [0.1, 0.15) is 48.4 Å². The molecule has 4 nitrogen and oxygen atoms in total. The van der Waals surface area contributed by atoms with Gasteiger partial charge in [-0.15, -0.1) is 0 Å². The fraction of sp³-hybridized carbons (Fsp3) is 0.435. The summed E-state index contributed by atoms with van der Waals surface area (Å²) < 4.78 is 11.3. The van der Waals surface area contributed by atoms with Crippen molar-refractivity contribution in [2.24, 2.45) is 0 Å². The minimum absolute atomic E-state index is 0.0768. The van der Waals surface area contributed by atoms with E-state index in [1.54, 1.807) is 0 Å². The number of nitrogens with one attached hydrogen (secondary N) is 1. The van der Waals surface area contributed by atoms with Gasteiger partial charge in [0.1, 0.15) is 5.75 Å². The normalized spacial score (nSPS) is 10.6. The summed E-state index contributed by atoms with van der Waals surface area (Å²) in [7, 11) is 0. The lowest BCUT2D eigenvalue weighted by atomic mass is 10.1. The van der Waals surface area contributed by atoms with Crippen LogP contribution in [0.25, 0.3) is 0 Å². The van der Waals surface area contributed by atoms with Crippen molar-refractivity contribution in [2.45, 2.75) is 53.2 Å². The number of benzene rings is 2. The quantitative estimate of drug-likeness (QED) is 0.584. The van der Waals surface area contributed by atoms with E-state index in [1.807, 2.05) is 38.1 Å². The van der Waals surface area contributed by atoms with Gasteiger partial charge in [-0.1, -0.05) is 36.4 Å². The molecule has 0 aliphatic rings. The average Bonchev–Trinajstić information content (AvgIpc) is 2.67. The largest absolute Gasteiger partial charge is 0.493 e. The molecule has 0 aromatic heterocycles. The second-order valence-corrected chi connectivity index (χ2v) is 6.76. The van der Waals surface area contributed by atoms with E-state index in [0.29, 0.717) is 32.8 Å². The monoisotopic (exact) mass is 369 g/mol. The van der Waals surface area contributed by atoms with Crippen molar-refractivity contribution in [1.82, 2.24) is 5.32 Å². The van der Waals surface area contributed by atoms with Gasteiger partial charge < -0.3 is 14.8 Å². The summed E-state index contributed by atoms with van der Waals surface area (Å²) in [6.45, 7) is 8.53. The number of rotatable bonds is 11. The predicted octanol–water partition coefficient (Wildman–Crippen LogP) is 4.71. The van der Waals surface area contributed by atoms with E-state index in [4.69, 9.17) is 9.47 Å². The molecule has 0 unspecified atom stereocenters. The van der Waals surface area contributed by atoms with Crippen LogP contribution in [0, 0.1) is 13.8 Å². The summed E-state index contributed by atoms with van der Waals surface area (Å²) in [5.74, 6) is 1.01. The number of amides is 1. The molecule has 0 aliphatic heterocycles. The first-order chi connectivity index (χ1) is 13.1. The third-order valence-electron chi connectivity index (χ3n) is 4.46. The van der Waals surface area contributed by atoms with Gasteiger partial charge in [0.05, 0.1) is 13.2 Å². The van der Waals surface area contributed by atoms with Gasteiger partial charge in [-0.3, -0.25) is 4.79 Å². The maximum Gasteiger partial charge on any atom is 0.220 e. The van der Waals surface area contributed by atoms with Crippen LogP contribution < -0.4 is 10.1 Å². The van der Waals surface area contributed by atoms with E-state index < -0.39 is 0 Å². The first-order valence-electron chi connectivity index (χ1n) is 9.71. The van der Waals surface area contributed by atoms with E-state index in [-0.39, 0.29) is 5.91 Å². The van der Waals surface area contributed by atoms with Gasteiger partial charge in [-0.05, 0) is 61.9 Å². The van der Waals surface area contributed by atoms with Crippen molar-refractivity contribution in [3.63, 3.8) is 0 Å². The second-order valence-electron chi connectivity index (χ2n) is 6.76. The van der Waals surface area contributed by atoms with Gasteiger partial charge in [0.15, 0.2) is 0 Å². The van der Waals surface area contributed by atoms with Crippen molar-refractivity contribution in [2.75, 3.05) is 13.2 Å². The highest BCUT2D eigenvalue weighted by molar-refractivity contribution is 5.75. The molecule has 27 heavy (non-hydrogen) atoms. The SMILES string of the molecule is CCOCc1ccccc1CNC(=O)CCCCOc1cc(C)ccc1C. The smallest absolute Gasteiger partial charge is 0.220 e. The molecule has 0 saturated carbocycles. The molecule has 2 rings (SSSR count). The second kappa shape index (κ2) is 11.4. The van der Waals surface area contributed by atoms with Crippen molar-refractivity contribution in [1.29, 1.82) is 0 Å². The van der Waals surface area contributed by atoms with Gasteiger partial charge in [0.25, 0.3) is 0 Å². The number of carbonyl (C=O) groups excluding carboxylic acids is 1. The van der Waals surface area contributed by atoms with E-state index in [2.05, 4.69) is 30.4 Å². The Morgan fingerprint density at radius 3 is 2.59 bits per heavy atom. The Morgan fingerprint density at radius 2 is 1.81 bits per heavy atom. The molecule has 0 saturated heterocycles. The number of ether oxygens (including phenoxy) is 2. The average molecular weight is 370 g/mol. The topological polar surface area (TPSA) is 47.6 Å². The molecule has 0 spiro atoms. The summed E-state index contributed by atoms with van der Waals surface area (Å²) in [6.07, 6.45) is 2.20. The van der Waals surface area contributed by atoms with Crippen molar-refractivity contribution in [3.8, 4) is 5.75 Å². The number of carbonyl (C=O) groups is 1. The van der Waals surface area contributed by atoms with E-state index in [9.17, 15) is 4.79 Å². The summed E-state index contributed by atoms with van der Waals surface area (Å²) in [5.41, 5.74) is 4.57. The van der Waals surface area contributed by atoms with Crippen LogP contribution >= 0.6 is 0 Å². The van der Waals surface area contributed by atoms with Crippen LogP contribution in [0.3, 0.4) is 0 Å². The molecular formula is C23H31NO3. The minimum Gasteiger partial charge on any atom is -0.493 e. The van der Waals surface area contributed by atoms with E-state index in [0.717, 1.165) is 35.3 Å². The van der Waals surface area contributed by atoms with Crippen LogP contribution in [0.2, 0.25) is 0 Å². The summed E-state index contributed by atoms with van der Waals surface area (Å²) in [5, 5.41) is 3.01.